The van der Waals surface area contributed by atoms with E-state index in [-0.39, 0.29) is 23.9 Å². The molecule has 1 aliphatic carbocycles. The Morgan fingerprint density at radius 2 is 1.29 bits per heavy atom. The Morgan fingerprint density at radius 3 is 1.92 bits per heavy atom. The molecule has 0 unspecified atom stereocenters. The number of hydrogen-bond donors (Lipinski definition) is 2. The van der Waals surface area contributed by atoms with Crippen LogP contribution in [0.2, 0.25) is 0 Å². The number of carbonyl (C=O) groups excluding carboxylic acids is 4. The molecule has 1 saturated heterocycles. The molecule has 0 bridgehead atoms. The van der Waals surface area contributed by atoms with Crippen LogP contribution in [0.3, 0.4) is 0 Å². The number of methoxy groups -OCH3 is 2. The zero-order valence-electron chi connectivity index (χ0n) is 34.5. The Morgan fingerprint density at radius 1 is 0.710 bits per heavy atom. The molecule has 5 aliphatic rings. The van der Waals surface area contributed by atoms with Gasteiger partial charge < -0.3 is 29.9 Å². The molecule has 0 saturated carbocycles. The number of allylic oxidation sites excluding steroid dienone is 3. The van der Waals surface area contributed by atoms with Gasteiger partial charge in [0, 0.05) is 59.5 Å². The van der Waals surface area contributed by atoms with Gasteiger partial charge in [0.2, 0.25) is 5.91 Å². The van der Waals surface area contributed by atoms with Crippen LogP contribution in [-0.4, -0.2) is 84.6 Å². The van der Waals surface area contributed by atoms with Gasteiger partial charge in [-0.1, -0.05) is 97.1 Å². The van der Waals surface area contributed by atoms with E-state index in [2.05, 4.69) is 47.0 Å². The van der Waals surface area contributed by atoms with Crippen molar-refractivity contribution >= 4 is 69.6 Å². The number of alkyl carbamates (subject to hydrolysis) is 2. The summed E-state index contributed by atoms with van der Waals surface area (Å²) in [5, 5.41) is 5.46. The van der Waals surface area contributed by atoms with Gasteiger partial charge in [-0.05, 0) is 75.9 Å². The standard InChI is InChI=1S/C49H46N6O6S/c1-60-48(58)52-44(32-11-5-3-6-12-32)46(56)54-21-9-15-40(54)38-24-36(28-50-38)31-19-17-30(18-20-31)34-23-35-27-43(62-42(35)26-34)37-25-39(51-29-37)41-16-10-22-55(41)47(57)45(53-49(59)61-2)33-13-7-4-8-14-33/h3-9,11-15,17-20,26-29,40-41,44-45H,10,16,21-25H2,1-2H3,(H,52,58)(H,53,59)/t40-,41-,44+,45+/m0/s1. The zero-order valence-corrected chi connectivity index (χ0v) is 35.3. The number of nitrogens with one attached hydrogen (secondary N) is 2. The lowest BCUT2D eigenvalue weighted by molar-refractivity contribution is -0.133. The molecule has 4 atom stereocenters. The third-order valence-corrected chi connectivity index (χ3v) is 13.3. The summed E-state index contributed by atoms with van der Waals surface area (Å²) in [7, 11) is 2.58. The lowest BCUT2D eigenvalue weighted by Crippen LogP contribution is -2.47. The molecular formula is C49H46N6O6S. The van der Waals surface area contributed by atoms with Crippen LogP contribution in [-0.2, 0) is 25.5 Å². The number of aliphatic imine (C=N–C) groups is 2. The molecule has 4 amide bonds. The largest absolute Gasteiger partial charge is 0.453 e. The molecule has 4 aliphatic heterocycles. The molecule has 314 valence electrons. The van der Waals surface area contributed by atoms with Gasteiger partial charge in [0.25, 0.3) is 5.91 Å². The van der Waals surface area contributed by atoms with Crippen molar-refractivity contribution in [1.82, 2.24) is 20.4 Å². The number of nitrogens with zero attached hydrogens (tertiary/aromatic N) is 4. The maximum Gasteiger partial charge on any atom is 0.407 e. The van der Waals surface area contributed by atoms with Crippen LogP contribution in [0.4, 0.5) is 9.59 Å². The average molecular weight is 847 g/mol. The summed E-state index contributed by atoms with van der Waals surface area (Å²) in [4.78, 5) is 68.1. The average Bonchev–Trinajstić information content (AvgIpc) is 4.17. The fraction of sp³-hybridized carbons (Fsp3) is 0.265. The van der Waals surface area contributed by atoms with E-state index < -0.39 is 24.3 Å². The number of carbonyl (C=O) groups is 4. The molecule has 12 nitrogen and oxygen atoms in total. The highest BCUT2D eigenvalue weighted by Crippen LogP contribution is 2.42. The van der Waals surface area contributed by atoms with Gasteiger partial charge in [-0.2, -0.15) is 0 Å². The normalized spacial score (nSPS) is 19.8. The lowest BCUT2D eigenvalue weighted by atomic mass is 9.96. The molecule has 5 heterocycles. The third kappa shape index (κ3) is 8.15. The summed E-state index contributed by atoms with van der Waals surface area (Å²) in [6.07, 6.45) is 12.6. The second-order valence-corrected chi connectivity index (χ2v) is 16.9. The minimum absolute atomic E-state index is 0.130. The van der Waals surface area contributed by atoms with Gasteiger partial charge in [0.1, 0.15) is 12.1 Å². The van der Waals surface area contributed by atoms with E-state index in [1.165, 1.54) is 40.7 Å². The smallest absolute Gasteiger partial charge is 0.407 e. The monoisotopic (exact) mass is 846 g/mol. The Balaban J connectivity index is 0.811. The molecule has 13 heteroatoms. The number of amides is 4. The van der Waals surface area contributed by atoms with Crippen LogP contribution in [0.15, 0.2) is 126 Å². The van der Waals surface area contributed by atoms with Gasteiger partial charge >= 0.3 is 12.2 Å². The highest BCUT2D eigenvalue weighted by molar-refractivity contribution is 7.14. The van der Waals surface area contributed by atoms with E-state index in [0.29, 0.717) is 37.1 Å². The number of fused-ring (bicyclic) bond motifs is 1. The van der Waals surface area contributed by atoms with Crippen LogP contribution in [0.25, 0.3) is 22.8 Å². The molecule has 0 spiro atoms. The predicted molar refractivity (Wildman–Crippen MR) is 241 cm³/mol. The first kappa shape index (κ1) is 40.5. The fourth-order valence-electron chi connectivity index (χ4n) is 8.93. The first-order valence-corrected chi connectivity index (χ1v) is 21.6. The molecule has 3 aromatic carbocycles. The first-order valence-electron chi connectivity index (χ1n) is 20.8. The van der Waals surface area contributed by atoms with Gasteiger partial charge in [0.15, 0.2) is 0 Å². The topological polar surface area (TPSA) is 142 Å². The number of benzene rings is 3. The van der Waals surface area contributed by atoms with Crippen molar-refractivity contribution in [2.75, 3.05) is 27.3 Å². The Labute approximate surface area is 364 Å². The van der Waals surface area contributed by atoms with Crippen molar-refractivity contribution in [3.05, 3.63) is 153 Å². The fourth-order valence-corrected chi connectivity index (χ4v) is 10.1. The Hall–Kier alpha value is -6.86. The lowest BCUT2D eigenvalue weighted by Gasteiger charge is -2.29. The Bertz CT molecular complexity index is 2590. The summed E-state index contributed by atoms with van der Waals surface area (Å²) < 4.78 is 9.69. The number of ether oxygens (including phenoxy) is 2. The predicted octanol–water partition coefficient (Wildman–Crippen LogP) is 8.17. The van der Waals surface area contributed by atoms with Crippen molar-refractivity contribution in [2.24, 2.45) is 9.98 Å². The summed E-state index contributed by atoms with van der Waals surface area (Å²) in [5.41, 5.74) is 10.3. The summed E-state index contributed by atoms with van der Waals surface area (Å²) in [6, 6.07) is 27.2. The van der Waals surface area contributed by atoms with Crippen molar-refractivity contribution in [1.29, 1.82) is 0 Å². The molecule has 2 N–H and O–H groups in total. The van der Waals surface area contributed by atoms with Crippen LogP contribution in [0, 0.1) is 0 Å². The summed E-state index contributed by atoms with van der Waals surface area (Å²) in [5.74, 6) is -0.389. The molecule has 1 aromatic heterocycles. The van der Waals surface area contributed by atoms with Gasteiger partial charge in [-0.3, -0.25) is 19.6 Å². The zero-order chi connectivity index (χ0) is 42.7. The third-order valence-electron chi connectivity index (χ3n) is 12.1. The van der Waals surface area contributed by atoms with Gasteiger partial charge in [-0.15, -0.1) is 11.3 Å². The van der Waals surface area contributed by atoms with E-state index in [1.807, 2.05) is 90.1 Å². The summed E-state index contributed by atoms with van der Waals surface area (Å²) >= 11 is 1.78. The van der Waals surface area contributed by atoms with E-state index in [0.717, 1.165) is 47.4 Å². The highest BCUT2D eigenvalue weighted by Gasteiger charge is 2.39. The number of hydrogen-bond acceptors (Lipinski definition) is 9. The molecule has 62 heavy (non-hydrogen) atoms. The van der Waals surface area contributed by atoms with Crippen LogP contribution < -0.4 is 10.6 Å². The number of likely N-dealkylation sites (tertiary alicyclic amines) is 1. The molecule has 1 fully saturated rings. The second-order valence-electron chi connectivity index (χ2n) is 15.8. The van der Waals surface area contributed by atoms with Gasteiger partial charge in [-0.25, -0.2) is 9.59 Å². The minimum atomic E-state index is -0.887. The quantitative estimate of drug-likeness (QED) is 0.146. The van der Waals surface area contributed by atoms with E-state index in [1.54, 1.807) is 16.2 Å². The van der Waals surface area contributed by atoms with Crippen LogP contribution in [0.1, 0.15) is 75.3 Å². The van der Waals surface area contributed by atoms with Gasteiger partial charge in [0.05, 0.1) is 26.3 Å². The first-order chi connectivity index (χ1) is 30.3. The summed E-state index contributed by atoms with van der Waals surface area (Å²) in [6.45, 7) is 1.02. The van der Waals surface area contributed by atoms with Crippen LogP contribution in [0.5, 0.6) is 0 Å². The maximum absolute atomic E-state index is 14.0. The van der Waals surface area contributed by atoms with E-state index in [9.17, 15) is 19.2 Å². The van der Waals surface area contributed by atoms with Crippen molar-refractivity contribution < 1.29 is 28.7 Å². The molecular weight excluding hydrogens is 801 g/mol. The molecule has 4 aromatic rings. The van der Waals surface area contributed by atoms with Crippen molar-refractivity contribution in [3.8, 4) is 0 Å². The van der Waals surface area contributed by atoms with E-state index in [4.69, 9.17) is 19.5 Å². The maximum atomic E-state index is 14.0. The van der Waals surface area contributed by atoms with Crippen molar-refractivity contribution in [2.45, 2.75) is 56.3 Å². The van der Waals surface area contributed by atoms with Crippen LogP contribution >= 0.6 is 11.3 Å². The highest BCUT2D eigenvalue weighted by atomic mass is 32.1. The SMILES string of the molecule is COC(=O)N[C@@H](C(=O)N1CC=C[C@H]1C1=NC=C(c2ccc(C3=Cc4sc(C5=CN=C([C@@H]6CCCN6C(=O)[C@H](NC(=O)OC)c6ccccc6)C5)cc4C3)cc2)C1)c1ccccc1. The molecule has 9 rings (SSSR count). The number of rotatable bonds is 11. The van der Waals surface area contributed by atoms with E-state index >= 15 is 0 Å². The Kier molecular flexibility index (Phi) is 11.5. The molecule has 0 radical (unpaired) electrons. The van der Waals surface area contributed by atoms with Crippen molar-refractivity contribution in [3.63, 3.8) is 0 Å². The second kappa shape index (κ2) is 17.6. The minimum Gasteiger partial charge on any atom is -0.453 e. The number of thiophene rings is 1.